The van der Waals surface area contributed by atoms with E-state index in [0.29, 0.717) is 0 Å². The monoisotopic (exact) mass is 270 g/mol. The average molecular weight is 270 g/mol. The third kappa shape index (κ3) is 4.91. The predicted molar refractivity (Wildman–Crippen MR) is 57.8 cm³/mol. The van der Waals surface area contributed by atoms with Gasteiger partial charge in [-0.05, 0) is 12.8 Å². The van der Waals surface area contributed by atoms with Crippen molar-refractivity contribution in [2.24, 2.45) is 5.73 Å². The van der Waals surface area contributed by atoms with E-state index in [1.807, 2.05) is 0 Å². The van der Waals surface area contributed by atoms with Crippen LogP contribution in [0.15, 0.2) is 0 Å². The summed E-state index contributed by atoms with van der Waals surface area (Å²) in [7, 11) is 3.52. The van der Waals surface area contributed by atoms with E-state index in [2.05, 4.69) is 0 Å². The van der Waals surface area contributed by atoms with Crippen LogP contribution in [0.2, 0.25) is 0 Å². The summed E-state index contributed by atoms with van der Waals surface area (Å²) < 4.78 is 31.7. The zero-order valence-corrected chi connectivity index (χ0v) is 10.3. The number of carbonyl (C=O) groups is 2. The van der Waals surface area contributed by atoms with E-state index in [0.717, 1.165) is 25.7 Å². The fraction of sp³-hybridized carbons (Fsp3) is 0.800. The Bertz CT molecular complexity index is 310. The number of hydrogen-bond acceptors (Lipinski definition) is 3. The molecule has 0 aromatic carbocycles. The van der Waals surface area contributed by atoms with Gasteiger partial charge < -0.3 is 15.7 Å². The van der Waals surface area contributed by atoms with Crippen molar-refractivity contribution in [3.8, 4) is 0 Å². The predicted octanol–water partition coefficient (Wildman–Crippen LogP) is 0.979. The van der Waals surface area contributed by atoms with Crippen molar-refractivity contribution in [3.63, 3.8) is 0 Å². The average Bonchev–Trinajstić information content (AvgIpc) is 2.64. The molecule has 1 fully saturated rings. The Balaban J connectivity index is 0.000000360. The van der Waals surface area contributed by atoms with E-state index in [9.17, 15) is 18.0 Å². The Morgan fingerprint density at radius 2 is 1.56 bits per heavy atom. The summed E-state index contributed by atoms with van der Waals surface area (Å²) in [6.07, 6.45) is -1.19. The number of nitrogens with zero attached hydrogens (tertiary/aromatic N) is 1. The molecule has 18 heavy (non-hydrogen) atoms. The van der Waals surface area contributed by atoms with Crippen LogP contribution in [0.25, 0.3) is 0 Å². The summed E-state index contributed by atoms with van der Waals surface area (Å²) in [4.78, 5) is 22.0. The highest BCUT2D eigenvalue weighted by molar-refractivity contribution is 5.85. The lowest BCUT2D eigenvalue weighted by molar-refractivity contribution is -0.192. The van der Waals surface area contributed by atoms with Crippen LogP contribution in [0.4, 0.5) is 13.2 Å². The maximum atomic E-state index is 11.5. The SMILES string of the molecule is CN(C)C(=O)C1(N)CCCC1.O=C(O)C(F)(F)F. The topological polar surface area (TPSA) is 83.6 Å². The molecule has 0 unspecified atom stereocenters. The maximum absolute atomic E-state index is 11.5. The molecular formula is C10H17F3N2O3. The molecule has 1 amide bonds. The minimum atomic E-state index is -5.08. The van der Waals surface area contributed by atoms with Crippen LogP contribution >= 0.6 is 0 Å². The van der Waals surface area contributed by atoms with Crippen molar-refractivity contribution in [1.29, 1.82) is 0 Å². The Morgan fingerprint density at radius 1 is 1.22 bits per heavy atom. The Hall–Kier alpha value is -1.31. The molecule has 0 saturated heterocycles. The number of alkyl halides is 3. The highest BCUT2D eigenvalue weighted by Crippen LogP contribution is 2.28. The van der Waals surface area contributed by atoms with Gasteiger partial charge in [0, 0.05) is 14.1 Å². The summed E-state index contributed by atoms with van der Waals surface area (Å²) in [6.45, 7) is 0. The number of likely N-dealkylation sites (N-methyl/N-ethyl adjacent to an activating group) is 1. The summed E-state index contributed by atoms with van der Waals surface area (Å²) in [5.74, 6) is -2.68. The molecule has 1 aliphatic carbocycles. The largest absolute Gasteiger partial charge is 0.490 e. The van der Waals surface area contributed by atoms with Crippen molar-refractivity contribution >= 4 is 11.9 Å². The molecular weight excluding hydrogens is 253 g/mol. The molecule has 0 heterocycles. The fourth-order valence-corrected chi connectivity index (χ4v) is 1.67. The number of carboxylic acid groups (broad SMARTS) is 1. The van der Waals surface area contributed by atoms with Crippen LogP contribution in [0.3, 0.4) is 0 Å². The van der Waals surface area contributed by atoms with Gasteiger partial charge in [-0.3, -0.25) is 4.79 Å². The van der Waals surface area contributed by atoms with Gasteiger partial charge in [0.2, 0.25) is 5.91 Å². The number of amides is 1. The summed E-state index contributed by atoms with van der Waals surface area (Å²) in [5.41, 5.74) is 5.37. The van der Waals surface area contributed by atoms with E-state index < -0.39 is 17.7 Å². The minimum Gasteiger partial charge on any atom is -0.475 e. The lowest BCUT2D eigenvalue weighted by Gasteiger charge is -2.25. The van der Waals surface area contributed by atoms with Crippen molar-refractivity contribution < 1.29 is 27.9 Å². The van der Waals surface area contributed by atoms with Gasteiger partial charge in [0.1, 0.15) is 0 Å². The van der Waals surface area contributed by atoms with Crippen molar-refractivity contribution in [2.75, 3.05) is 14.1 Å². The smallest absolute Gasteiger partial charge is 0.475 e. The molecule has 5 nitrogen and oxygen atoms in total. The number of aliphatic carboxylic acids is 1. The summed E-state index contributed by atoms with van der Waals surface area (Å²) in [5, 5.41) is 7.12. The lowest BCUT2D eigenvalue weighted by atomic mass is 9.98. The zero-order valence-electron chi connectivity index (χ0n) is 10.3. The molecule has 0 spiro atoms. The van der Waals surface area contributed by atoms with Gasteiger partial charge in [-0.1, -0.05) is 12.8 Å². The molecule has 0 aliphatic heterocycles. The van der Waals surface area contributed by atoms with Gasteiger partial charge in [0.05, 0.1) is 5.54 Å². The van der Waals surface area contributed by atoms with Gasteiger partial charge in [0.25, 0.3) is 0 Å². The van der Waals surface area contributed by atoms with Gasteiger partial charge in [-0.15, -0.1) is 0 Å². The Kier molecular flexibility index (Phi) is 5.59. The normalized spacial score (nSPS) is 17.7. The standard InChI is InChI=1S/C8H16N2O.C2HF3O2/c1-10(2)7(11)8(9)5-3-4-6-8;3-2(4,5)1(6)7/h3-6,9H2,1-2H3;(H,6,7). The minimum absolute atomic E-state index is 0.0787. The highest BCUT2D eigenvalue weighted by Gasteiger charge is 2.38. The maximum Gasteiger partial charge on any atom is 0.490 e. The van der Waals surface area contributed by atoms with Gasteiger partial charge in [-0.25, -0.2) is 4.79 Å². The van der Waals surface area contributed by atoms with E-state index in [4.69, 9.17) is 15.6 Å². The van der Waals surface area contributed by atoms with Gasteiger partial charge >= 0.3 is 12.1 Å². The zero-order chi connectivity index (χ0) is 14.6. The molecule has 0 aromatic rings. The molecule has 3 N–H and O–H groups in total. The number of nitrogens with two attached hydrogens (primary N) is 1. The van der Waals surface area contributed by atoms with Gasteiger partial charge in [0.15, 0.2) is 0 Å². The molecule has 0 radical (unpaired) electrons. The third-order valence-electron chi connectivity index (χ3n) is 2.57. The second-order valence-electron chi connectivity index (χ2n) is 4.37. The number of carboxylic acids is 1. The van der Waals surface area contributed by atoms with E-state index in [-0.39, 0.29) is 5.91 Å². The third-order valence-corrected chi connectivity index (χ3v) is 2.57. The first-order chi connectivity index (χ1) is 8.00. The Morgan fingerprint density at radius 3 is 1.78 bits per heavy atom. The second kappa shape index (κ2) is 6.03. The van der Waals surface area contributed by atoms with Crippen LogP contribution < -0.4 is 5.73 Å². The van der Waals surface area contributed by atoms with Gasteiger partial charge in [-0.2, -0.15) is 13.2 Å². The number of rotatable bonds is 1. The van der Waals surface area contributed by atoms with E-state index in [1.165, 1.54) is 0 Å². The molecule has 106 valence electrons. The van der Waals surface area contributed by atoms with Crippen LogP contribution in [0.5, 0.6) is 0 Å². The first kappa shape index (κ1) is 16.7. The Labute approximate surface area is 103 Å². The lowest BCUT2D eigenvalue weighted by Crippen LogP contribution is -2.51. The number of hydrogen-bond donors (Lipinski definition) is 2. The number of carbonyl (C=O) groups excluding carboxylic acids is 1. The van der Waals surface area contributed by atoms with Crippen molar-refractivity contribution in [3.05, 3.63) is 0 Å². The van der Waals surface area contributed by atoms with Crippen LogP contribution in [-0.4, -0.2) is 47.7 Å². The number of halogens is 3. The first-order valence-electron chi connectivity index (χ1n) is 5.31. The van der Waals surface area contributed by atoms with Crippen LogP contribution in [0.1, 0.15) is 25.7 Å². The van der Waals surface area contributed by atoms with Crippen LogP contribution in [0, 0.1) is 0 Å². The summed E-state index contributed by atoms with van der Waals surface area (Å²) in [6, 6.07) is 0. The molecule has 0 atom stereocenters. The fourth-order valence-electron chi connectivity index (χ4n) is 1.67. The first-order valence-corrected chi connectivity index (χ1v) is 5.31. The van der Waals surface area contributed by atoms with Crippen molar-refractivity contribution in [2.45, 2.75) is 37.4 Å². The van der Waals surface area contributed by atoms with Crippen molar-refractivity contribution in [1.82, 2.24) is 4.90 Å². The molecule has 0 bridgehead atoms. The molecule has 1 aliphatic rings. The van der Waals surface area contributed by atoms with Crippen LogP contribution in [-0.2, 0) is 9.59 Å². The van der Waals surface area contributed by atoms with E-state index in [1.54, 1.807) is 19.0 Å². The summed E-state index contributed by atoms with van der Waals surface area (Å²) >= 11 is 0. The highest BCUT2D eigenvalue weighted by atomic mass is 19.4. The molecule has 8 heteroatoms. The quantitative estimate of drug-likeness (QED) is 0.744. The second-order valence-corrected chi connectivity index (χ2v) is 4.37. The molecule has 0 aromatic heterocycles. The van der Waals surface area contributed by atoms with E-state index >= 15 is 0 Å². The molecule has 1 saturated carbocycles. The molecule has 1 rings (SSSR count).